The van der Waals surface area contributed by atoms with E-state index in [4.69, 9.17) is 0 Å². The van der Waals surface area contributed by atoms with Gasteiger partial charge in [-0.05, 0) is 40.6 Å². The van der Waals surface area contributed by atoms with Gasteiger partial charge in [0, 0.05) is 6.42 Å². The van der Waals surface area contributed by atoms with Gasteiger partial charge >= 0.3 is 0 Å². The molecular weight excluding hydrogens is 340 g/mol. The van der Waals surface area contributed by atoms with E-state index in [0.29, 0.717) is 11.3 Å². The van der Waals surface area contributed by atoms with E-state index in [0.717, 1.165) is 16.2 Å². The molecule has 1 aliphatic heterocycles. The fraction of sp³-hybridized carbons (Fsp3) is 0.111. The zero-order chi connectivity index (χ0) is 16.5. The fourth-order valence-electron chi connectivity index (χ4n) is 2.76. The van der Waals surface area contributed by atoms with Gasteiger partial charge in [-0.15, -0.1) is 22.7 Å². The van der Waals surface area contributed by atoms with Gasteiger partial charge in [-0.2, -0.15) is 5.10 Å². The van der Waals surface area contributed by atoms with Crippen LogP contribution in [0.1, 0.15) is 32.6 Å². The standard InChI is InChI=1S/C18H14N2O2S2/c21-13-7-5-12(6-8-13)15-11-14(16-3-1-9-23-16)19-20(15)18(22)17-4-2-10-24-17/h1-10,15,21H,11H2. The second-order valence-electron chi connectivity index (χ2n) is 5.46. The molecule has 0 saturated heterocycles. The Morgan fingerprint density at radius 2 is 1.83 bits per heavy atom. The number of carbonyl (C=O) groups excluding carboxylic acids is 1. The molecule has 1 unspecified atom stereocenters. The molecule has 24 heavy (non-hydrogen) atoms. The van der Waals surface area contributed by atoms with Crippen LogP contribution < -0.4 is 0 Å². The van der Waals surface area contributed by atoms with Crippen LogP contribution in [0.5, 0.6) is 5.75 Å². The summed E-state index contributed by atoms with van der Waals surface area (Å²) in [7, 11) is 0. The van der Waals surface area contributed by atoms with Gasteiger partial charge in [-0.3, -0.25) is 4.79 Å². The summed E-state index contributed by atoms with van der Waals surface area (Å²) in [4.78, 5) is 14.6. The van der Waals surface area contributed by atoms with E-state index < -0.39 is 0 Å². The number of phenols is 1. The van der Waals surface area contributed by atoms with Crippen molar-refractivity contribution in [2.75, 3.05) is 0 Å². The van der Waals surface area contributed by atoms with Crippen LogP contribution in [-0.4, -0.2) is 21.7 Å². The average Bonchev–Trinajstić information content (AvgIpc) is 3.34. The molecule has 1 aromatic carbocycles. The zero-order valence-corrected chi connectivity index (χ0v) is 14.3. The van der Waals surface area contributed by atoms with Crippen molar-refractivity contribution in [3.63, 3.8) is 0 Å². The summed E-state index contributed by atoms with van der Waals surface area (Å²) in [5.74, 6) is 0.127. The molecular formula is C18H14N2O2S2. The van der Waals surface area contributed by atoms with E-state index in [1.165, 1.54) is 11.3 Å². The lowest BCUT2D eigenvalue weighted by atomic mass is 10.0. The quantitative estimate of drug-likeness (QED) is 0.752. The summed E-state index contributed by atoms with van der Waals surface area (Å²) in [6, 6.07) is 14.5. The Kier molecular flexibility index (Phi) is 3.92. The molecule has 6 heteroatoms. The third-order valence-electron chi connectivity index (χ3n) is 3.93. The highest BCUT2D eigenvalue weighted by atomic mass is 32.1. The predicted molar refractivity (Wildman–Crippen MR) is 96.8 cm³/mol. The molecule has 1 atom stereocenters. The number of carbonyl (C=O) groups is 1. The van der Waals surface area contributed by atoms with Crippen LogP contribution in [0.4, 0.5) is 0 Å². The van der Waals surface area contributed by atoms with Crippen molar-refractivity contribution in [1.82, 2.24) is 5.01 Å². The van der Waals surface area contributed by atoms with E-state index in [9.17, 15) is 9.90 Å². The van der Waals surface area contributed by atoms with Gasteiger partial charge < -0.3 is 5.11 Å². The van der Waals surface area contributed by atoms with Crippen LogP contribution in [0, 0.1) is 0 Å². The van der Waals surface area contributed by atoms with Gasteiger partial charge in [0.25, 0.3) is 5.91 Å². The Bertz CT molecular complexity index is 868. The Hall–Kier alpha value is -2.44. The van der Waals surface area contributed by atoms with Gasteiger partial charge in [0.15, 0.2) is 0 Å². The molecule has 3 heterocycles. The highest BCUT2D eigenvalue weighted by molar-refractivity contribution is 7.12. The summed E-state index contributed by atoms with van der Waals surface area (Å²) in [6.45, 7) is 0. The second kappa shape index (κ2) is 6.22. The Morgan fingerprint density at radius 1 is 1.08 bits per heavy atom. The van der Waals surface area contributed by atoms with Crippen LogP contribution in [0.25, 0.3) is 0 Å². The number of nitrogens with zero attached hydrogens (tertiary/aromatic N) is 2. The molecule has 4 nitrogen and oxygen atoms in total. The first-order valence-corrected chi connectivity index (χ1v) is 9.25. The maximum absolute atomic E-state index is 12.9. The molecule has 1 aliphatic rings. The lowest BCUT2D eigenvalue weighted by Crippen LogP contribution is -2.26. The summed E-state index contributed by atoms with van der Waals surface area (Å²) in [6.07, 6.45) is 0.669. The fourth-order valence-corrected chi connectivity index (χ4v) is 4.13. The molecule has 120 valence electrons. The van der Waals surface area contributed by atoms with Crippen molar-refractivity contribution in [3.05, 3.63) is 74.6 Å². The summed E-state index contributed by atoms with van der Waals surface area (Å²) in [5, 5.41) is 19.6. The van der Waals surface area contributed by atoms with Crippen LogP contribution in [-0.2, 0) is 0 Å². The maximum atomic E-state index is 12.9. The summed E-state index contributed by atoms with van der Waals surface area (Å²) < 4.78 is 0. The van der Waals surface area contributed by atoms with Crippen molar-refractivity contribution in [1.29, 1.82) is 0 Å². The molecule has 0 aliphatic carbocycles. The minimum atomic E-state index is -0.155. The number of aromatic hydroxyl groups is 1. The summed E-state index contributed by atoms with van der Waals surface area (Å²) >= 11 is 3.04. The van der Waals surface area contributed by atoms with E-state index >= 15 is 0 Å². The van der Waals surface area contributed by atoms with Gasteiger partial charge in [-0.25, -0.2) is 5.01 Å². The van der Waals surface area contributed by atoms with E-state index in [-0.39, 0.29) is 17.7 Å². The van der Waals surface area contributed by atoms with E-state index in [1.54, 1.807) is 28.5 Å². The molecule has 3 aromatic rings. The third kappa shape index (κ3) is 2.74. The smallest absolute Gasteiger partial charge is 0.284 e. The predicted octanol–water partition coefficient (Wildman–Crippen LogP) is 4.51. The molecule has 0 fully saturated rings. The first kappa shape index (κ1) is 15.1. The molecule has 0 bridgehead atoms. The van der Waals surface area contributed by atoms with Gasteiger partial charge in [0.1, 0.15) is 5.75 Å². The number of phenolic OH excluding ortho intramolecular Hbond substituents is 1. The zero-order valence-electron chi connectivity index (χ0n) is 12.6. The van der Waals surface area contributed by atoms with Gasteiger partial charge in [0.05, 0.1) is 21.5 Å². The van der Waals surface area contributed by atoms with E-state index in [2.05, 4.69) is 5.10 Å². The Morgan fingerprint density at radius 3 is 2.50 bits per heavy atom. The minimum Gasteiger partial charge on any atom is -0.508 e. The number of amides is 1. The van der Waals surface area contributed by atoms with Crippen molar-refractivity contribution < 1.29 is 9.90 Å². The van der Waals surface area contributed by atoms with Crippen molar-refractivity contribution >= 4 is 34.3 Å². The molecule has 0 saturated carbocycles. The Labute approximate surface area is 147 Å². The molecule has 2 aromatic heterocycles. The topological polar surface area (TPSA) is 52.9 Å². The monoisotopic (exact) mass is 354 g/mol. The molecule has 1 amide bonds. The summed E-state index contributed by atoms with van der Waals surface area (Å²) in [5.41, 5.74) is 1.89. The van der Waals surface area contributed by atoms with Crippen LogP contribution in [0.2, 0.25) is 0 Å². The largest absolute Gasteiger partial charge is 0.508 e. The number of hydrogen-bond donors (Lipinski definition) is 1. The van der Waals surface area contributed by atoms with Crippen molar-refractivity contribution in [2.45, 2.75) is 12.5 Å². The highest BCUT2D eigenvalue weighted by Crippen LogP contribution is 2.35. The van der Waals surface area contributed by atoms with Crippen LogP contribution in [0.15, 0.2) is 64.4 Å². The molecule has 0 radical (unpaired) electrons. The van der Waals surface area contributed by atoms with Gasteiger partial charge in [-0.1, -0.05) is 24.3 Å². The lowest BCUT2D eigenvalue weighted by molar-refractivity contribution is 0.0716. The van der Waals surface area contributed by atoms with Crippen molar-refractivity contribution in [2.24, 2.45) is 5.10 Å². The van der Waals surface area contributed by atoms with Crippen LogP contribution in [0.3, 0.4) is 0 Å². The van der Waals surface area contributed by atoms with Crippen molar-refractivity contribution in [3.8, 4) is 5.75 Å². The minimum absolute atomic E-state index is 0.0883. The SMILES string of the molecule is O=C(c1cccs1)N1N=C(c2cccs2)CC1c1ccc(O)cc1. The first-order chi connectivity index (χ1) is 11.7. The number of hydrazone groups is 1. The number of benzene rings is 1. The molecule has 0 spiro atoms. The van der Waals surface area contributed by atoms with Crippen LogP contribution >= 0.6 is 22.7 Å². The van der Waals surface area contributed by atoms with E-state index in [1.807, 2.05) is 47.2 Å². The second-order valence-corrected chi connectivity index (χ2v) is 7.36. The maximum Gasteiger partial charge on any atom is 0.284 e. The number of hydrogen-bond acceptors (Lipinski definition) is 5. The molecule has 1 N–H and O–H groups in total. The number of rotatable bonds is 3. The first-order valence-electron chi connectivity index (χ1n) is 7.50. The lowest BCUT2D eigenvalue weighted by Gasteiger charge is -2.21. The Balaban J connectivity index is 1.72. The average molecular weight is 354 g/mol. The van der Waals surface area contributed by atoms with Gasteiger partial charge in [0.2, 0.25) is 0 Å². The molecule has 4 rings (SSSR count). The highest BCUT2D eigenvalue weighted by Gasteiger charge is 2.34. The normalized spacial score (nSPS) is 17.1. The number of thiophene rings is 2. The third-order valence-corrected chi connectivity index (χ3v) is 5.71.